The van der Waals surface area contributed by atoms with Gasteiger partial charge >= 0.3 is 0 Å². The second kappa shape index (κ2) is 5.75. The lowest BCUT2D eigenvalue weighted by molar-refractivity contribution is -0.120. The number of Topliss-reactive ketones (excluding diaryl/α,β-unsaturated/α-hetero) is 1. The van der Waals surface area contributed by atoms with Crippen LogP contribution in [-0.4, -0.2) is 21.8 Å². The van der Waals surface area contributed by atoms with Crippen molar-refractivity contribution in [2.24, 2.45) is 22.7 Å². The standard InChI is InChI=1S/C20H28O4/c1-12-7-9-19(2)8-5-4-6-16(19)20(12,3)11-13-17(23)14(21)10-15(22)18(13)24/h10,12,16,21,24H,4-9,11H2,1-3H3. The molecule has 0 heterocycles. The van der Waals surface area contributed by atoms with E-state index < -0.39 is 23.1 Å². The monoisotopic (exact) mass is 332 g/mol. The van der Waals surface area contributed by atoms with E-state index in [1.165, 1.54) is 25.7 Å². The van der Waals surface area contributed by atoms with Crippen LogP contribution in [0.15, 0.2) is 23.2 Å². The summed E-state index contributed by atoms with van der Waals surface area (Å²) < 4.78 is 0. The van der Waals surface area contributed by atoms with Crippen LogP contribution in [-0.2, 0) is 9.59 Å². The molecular weight excluding hydrogens is 304 g/mol. The molecule has 4 heteroatoms. The van der Waals surface area contributed by atoms with Crippen molar-refractivity contribution in [1.29, 1.82) is 0 Å². The topological polar surface area (TPSA) is 74.6 Å². The fraction of sp³-hybridized carbons (Fsp3) is 0.700. The van der Waals surface area contributed by atoms with Crippen LogP contribution in [0.3, 0.4) is 0 Å². The van der Waals surface area contributed by atoms with Crippen LogP contribution < -0.4 is 0 Å². The van der Waals surface area contributed by atoms with Crippen LogP contribution in [0, 0.1) is 22.7 Å². The van der Waals surface area contributed by atoms with Crippen LogP contribution >= 0.6 is 0 Å². The first-order valence-corrected chi connectivity index (χ1v) is 9.11. The van der Waals surface area contributed by atoms with Gasteiger partial charge in [-0.05, 0) is 54.8 Å². The maximum absolute atomic E-state index is 12.4. The fourth-order valence-corrected chi connectivity index (χ4v) is 5.56. The number of allylic oxidation sites excluding steroid dienone is 2. The normalized spacial score (nSPS) is 40.4. The molecule has 24 heavy (non-hydrogen) atoms. The minimum absolute atomic E-state index is 0.101. The van der Waals surface area contributed by atoms with E-state index >= 15 is 0 Å². The molecule has 0 bridgehead atoms. The third-order valence-electron chi connectivity index (χ3n) is 7.25. The molecule has 0 aromatic rings. The highest BCUT2D eigenvalue weighted by atomic mass is 16.3. The maximum atomic E-state index is 12.4. The van der Waals surface area contributed by atoms with E-state index in [-0.39, 0.29) is 16.4 Å². The molecule has 0 aromatic heterocycles. The Morgan fingerprint density at radius 2 is 1.83 bits per heavy atom. The lowest BCUT2D eigenvalue weighted by Gasteiger charge is -2.58. The van der Waals surface area contributed by atoms with E-state index in [1.807, 2.05) is 0 Å². The van der Waals surface area contributed by atoms with Crippen LogP contribution in [0.2, 0.25) is 0 Å². The number of ketones is 2. The van der Waals surface area contributed by atoms with Gasteiger partial charge in [-0.15, -0.1) is 0 Å². The largest absolute Gasteiger partial charge is 0.504 e. The van der Waals surface area contributed by atoms with Crippen molar-refractivity contribution in [2.75, 3.05) is 0 Å². The van der Waals surface area contributed by atoms with Crippen LogP contribution in [0.5, 0.6) is 0 Å². The van der Waals surface area contributed by atoms with Crippen molar-refractivity contribution in [3.05, 3.63) is 23.2 Å². The molecule has 2 fully saturated rings. The van der Waals surface area contributed by atoms with Crippen molar-refractivity contribution >= 4 is 11.6 Å². The van der Waals surface area contributed by atoms with E-state index in [0.717, 1.165) is 18.9 Å². The molecule has 0 aliphatic heterocycles. The van der Waals surface area contributed by atoms with Gasteiger partial charge < -0.3 is 10.2 Å². The molecule has 2 saturated carbocycles. The van der Waals surface area contributed by atoms with E-state index in [9.17, 15) is 19.8 Å². The zero-order valence-corrected chi connectivity index (χ0v) is 14.9. The predicted molar refractivity (Wildman–Crippen MR) is 91.6 cm³/mol. The molecule has 0 aromatic carbocycles. The number of carbonyl (C=O) groups excluding carboxylic acids is 2. The molecule has 4 unspecified atom stereocenters. The Bertz CT molecular complexity index is 644. The van der Waals surface area contributed by atoms with Gasteiger partial charge in [0.25, 0.3) is 0 Å². The number of carbonyl (C=O) groups is 2. The number of fused-ring (bicyclic) bond motifs is 1. The number of hydrogen-bond acceptors (Lipinski definition) is 4. The Balaban J connectivity index is 1.98. The van der Waals surface area contributed by atoms with Crippen molar-refractivity contribution in [2.45, 2.75) is 65.7 Å². The van der Waals surface area contributed by atoms with Crippen molar-refractivity contribution in [3.63, 3.8) is 0 Å². The zero-order valence-electron chi connectivity index (χ0n) is 14.9. The Morgan fingerprint density at radius 3 is 2.54 bits per heavy atom. The van der Waals surface area contributed by atoms with Gasteiger partial charge in [0.05, 0.1) is 0 Å². The van der Waals surface area contributed by atoms with Gasteiger partial charge in [-0.3, -0.25) is 9.59 Å². The summed E-state index contributed by atoms with van der Waals surface area (Å²) >= 11 is 0. The van der Waals surface area contributed by atoms with Gasteiger partial charge in [0.15, 0.2) is 11.5 Å². The third kappa shape index (κ3) is 2.51. The number of aliphatic hydroxyl groups is 2. The summed E-state index contributed by atoms with van der Waals surface area (Å²) in [7, 11) is 0. The minimum atomic E-state index is -0.666. The summed E-state index contributed by atoms with van der Waals surface area (Å²) in [4.78, 5) is 24.2. The van der Waals surface area contributed by atoms with Crippen LogP contribution in [0.4, 0.5) is 0 Å². The summed E-state index contributed by atoms with van der Waals surface area (Å²) in [6, 6.07) is 0. The average molecular weight is 332 g/mol. The third-order valence-corrected chi connectivity index (χ3v) is 7.25. The maximum Gasteiger partial charge on any atom is 0.227 e. The molecule has 3 aliphatic rings. The van der Waals surface area contributed by atoms with Crippen molar-refractivity contribution in [1.82, 2.24) is 0 Å². The number of aliphatic hydroxyl groups excluding tert-OH is 2. The summed E-state index contributed by atoms with van der Waals surface area (Å²) in [5.41, 5.74) is 0.226. The highest BCUT2D eigenvalue weighted by molar-refractivity contribution is 6.20. The van der Waals surface area contributed by atoms with E-state index in [1.54, 1.807) is 0 Å². The van der Waals surface area contributed by atoms with E-state index in [4.69, 9.17) is 0 Å². The second-order valence-corrected chi connectivity index (χ2v) is 8.62. The van der Waals surface area contributed by atoms with Crippen molar-refractivity contribution in [3.8, 4) is 0 Å². The van der Waals surface area contributed by atoms with E-state index in [0.29, 0.717) is 18.3 Å². The second-order valence-electron chi connectivity index (χ2n) is 8.62. The van der Waals surface area contributed by atoms with Crippen LogP contribution in [0.1, 0.15) is 65.7 Å². The molecular formula is C20H28O4. The molecule has 0 radical (unpaired) electrons. The molecule has 0 spiro atoms. The van der Waals surface area contributed by atoms with Gasteiger partial charge in [-0.25, -0.2) is 0 Å². The van der Waals surface area contributed by atoms with Crippen molar-refractivity contribution < 1.29 is 19.8 Å². The first kappa shape index (κ1) is 17.2. The molecule has 2 N–H and O–H groups in total. The SMILES string of the molecule is CC1CCC2(C)CCCCC2C1(C)CC1=C(O)C(=O)C=C(O)C1=O. The molecule has 0 amide bonds. The molecule has 4 atom stereocenters. The van der Waals surface area contributed by atoms with Gasteiger partial charge in [0.1, 0.15) is 0 Å². The molecule has 3 rings (SSSR count). The lowest BCUT2D eigenvalue weighted by atomic mass is 9.47. The van der Waals surface area contributed by atoms with Gasteiger partial charge in [-0.1, -0.05) is 33.6 Å². The summed E-state index contributed by atoms with van der Waals surface area (Å²) in [6.07, 6.45) is 8.29. The summed E-state index contributed by atoms with van der Waals surface area (Å²) in [5.74, 6) is -1.41. The zero-order chi connectivity index (χ0) is 17.7. The van der Waals surface area contributed by atoms with E-state index in [2.05, 4.69) is 20.8 Å². The smallest absolute Gasteiger partial charge is 0.227 e. The Morgan fingerprint density at radius 1 is 1.12 bits per heavy atom. The molecule has 3 aliphatic carbocycles. The Labute approximate surface area is 143 Å². The van der Waals surface area contributed by atoms with Crippen LogP contribution in [0.25, 0.3) is 0 Å². The fourth-order valence-electron chi connectivity index (χ4n) is 5.56. The molecule has 132 valence electrons. The summed E-state index contributed by atoms with van der Waals surface area (Å²) in [5, 5.41) is 19.9. The summed E-state index contributed by atoms with van der Waals surface area (Å²) in [6.45, 7) is 6.79. The average Bonchev–Trinajstić information content (AvgIpc) is 2.54. The first-order chi connectivity index (χ1) is 11.2. The predicted octanol–water partition coefficient (Wildman–Crippen LogP) is 4.42. The Hall–Kier alpha value is -1.58. The number of hydrogen-bond donors (Lipinski definition) is 2. The highest BCUT2D eigenvalue weighted by Gasteiger charge is 2.53. The first-order valence-electron chi connectivity index (χ1n) is 9.11. The van der Waals surface area contributed by atoms with Gasteiger partial charge in [0.2, 0.25) is 11.6 Å². The Kier molecular flexibility index (Phi) is 4.13. The van der Waals surface area contributed by atoms with Gasteiger partial charge in [-0.2, -0.15) is 0 Å². The van der Waals surface area contributed by atoms with Gasteiger partial charge in [0, 0.05) is 11.6 Å². The number of rotatable bonds is 2. The quantitative estimate of drug-likeness (QED) is 0.734. The highest BCUT2D eigenvalue weighted by Crippen LogP contribution is 2.61. The minimum Gasteiger partial charge on any atom is -0.504 e. The lowest BCUT2D eigenvalue weighted by Crippen LogP contribution is -2.50. The molecule has 0 saturated heterocycles. The molecule has 4 nitrogen and oxygen atoms in total.